The maximum absolute atomic E-state index is 4.50. The Hall–Kier alpha value is -1.94. The highest BCUT2D eigenvalue weighted by Crippen LogP contribution is 2.27. The van der Waals surface area contributed by atoms with E-state index in [1.807, 2.05) is 24.5 Å². The molecule has 0 atom stereocenters. The van der Waals surface area contributed by atoms with Gasteiger partial charge in [0.05, 0.1) is 11.9 Å². The van der Waals surface area contributed by atoms with Gasteiger partial charge in [-0.2, -0.15) is 5.10 Å². The van der Waals surface area contributed by atoms with E-state index >= 15 is 0 Å². The van der Waals surface area contributed by atoms with Crippen LogP contribution in [0.15, 0.2) is 53.8 Å². The zero-order valence-corrected chi connectivity index (χ0v) is 10.7. The molecule has 0 bridgehead atoms. The Balaban J connectivity index is 2.24. The summed E-state index contributed by atoms with van der Waals surface area (Å²) in [5, 5.41) is 11.1. The normalized spacial score (nSPS) is 10.7. The SMILES string of the molecule is CSc1nncc(-c2cccc3ccccc23)n1. The molecule has 0 saturated carbocycles. The molecule has 1 heterocycles. The second kappa shape index (κ2) is 4.74. The maximum atomic E-state index is 4.50. The summed E-state index contributed by atoms with van der Waals surface area (Å²) in [5.74, 6) is 0. The number of thioether (sulfide) groups is 1. The molecule has 0 saturated heterocycles. The summed E-state index contributed by atoms with van der Waals surface area (Å²) in [6, 6.07) is 14.5. The molecular weight excluding hydrogens is 242 g/mol. The molecule has 88 valence electrons. The minimum Gasteiger partial charge on any atom is -0.219 e. The molecule has 0 aliphatic heterocycles. The highest BCUT2D eigenvalue weighted by atomic mass is 32.2. The first-order valence-electron chi connectivity index (χ1n) is 5.60. The molecule has 0 unspecified atom stereocenters. The van der Waals surface area contributed by atoms with Crippen molar-refractivity contribution in [2.45, 2.75) is 5.16 Å². The van der Waals surface area contributed by atoms with Gasteiger partial charge in [0, 0.05) is 5.56 Å². The van der Waals surface area contributed by atoms with Crippen molar-refractivity contribution in [1.29, 1.82) is 0 Å². The zero-order valence-electron chi connectivity index (χ0n) is 9.87. The molecule has 3 nitrogen and oxygen atoms in total. The Morgan fingerprint density at radius 2 is 1.83 bits per heavy atom. The number of nitrogens with zero attached hydrogens (tertiary/aromatic N) is 3. The summed E-state index contributed by atoms with van der Waals surface area (Å²) in [6.07, 6.45) is 3.66. The Bertz CT molecular complexity index is 692. The van der Waals surface area contributed by atoms with Gasteiger partial charge < -0.3 is 0 Å². The molecule has 0 aliphatic rings. The van der Waals surface area contributed by atoms with Crippen LogP contribution in [0.5, 0.6) is 0 Å². The largest absolute Gasteiger partial charge is 0.219 e. The van der Waals surface area contributed by atoms with Crippen LogP contribution in [0.4, 0.5) is 0 Å². The van der Waals surface area contributed by atoms with Crippen molar-refractivity contribution in [3.05, 3.63) is 48.7 Å². The van der Waals surface area contributed by atoms with Crippen molar-refractivity contribution in [3.8, 4) is 11.3 Å². The Morgan fingerprint density at radius 3 is 2.72 bits per heavy atom. The van der Waals surface area contributed by atoms with Crippen LogP contribution in [0.25, 0.3) is 22.0 Å². The van der Waals surface area contributed by atoms with Gasteiger partial charge in [-0.05, 0) is 17.0 Å². The first-order valence-corrected chi connectivity index (χ1v) is 6.83. The van der Waals surface area contributed by atoms with E-state index in [1.165, 1.54) is 22.5 Å². The minimum atomic E-state index is 0.695. The van der Waals surface area contributed by atoms with Crippen molar-refractivity contribution in [2.75, 3.05) is 6.26 Å². The highest BCUT2D eigenvalue weighted by Gasteiger charge is 2.06. The van der Waals surface area contributed by atoms with Crippen LogP contribution in [0.2, 0.25) is 0 Å². The predicted octanol–water partition coefficient (Wildman–Crippen LogP) is 3.41. The lowest BCUT2D eigenvalue weighted by molar-refractivity contribution is 0.846. The first kappa shape index (κ1) is 11.2. The van der Waals surface area contributed by atoms with Crippen molar-refractivity contribution in [3.63, 3.8) is 0 Å². The van der Waals surface area contributed by atoms with Gasteiger partial charge >= 0.3 is 0 Å². The molecule has 18 heavy (non-hydrogen) atoms. The fraction of sp³-hybridized carbons (Fsp3) is 0.0714. The van der Waals surface area contributed by atoms with E-state index in [1.54, 1.807) is 6.20 Å². The van der Waals surface area contributed by atoms with Crippen molar-refractivity contribution < 1.29 is 0 Å². The molecule has 0 radical (unpaired) electrons. The molecular formula is C14H11N3S. The van der Waals surface area contributed by atoms with E-state index in [0.717, 1.165) is 11.3 Å². The second-order valence-corrected chi connectivity index (χ2v) is 4.63. The van der Waals surface area contributed by atoms with E-state index in [-0.39, 0.29) is 0 Å². The molecule has 0 fully saturated rings. The fourth-order valence-electron chi connectivity index (χ4n) is 1.95. The lowest BCUT2D eigenvalue weighted by atomic mass is 10.0. The van der Waals surface area contributed by atoms with Crippen LogP contribution in [-0.4, -0.2) is 21.4 Å². The van der Waals surface area contributed by atoms with Crippen LogP contribution in [0, 0.1) is 0 Å². The standard InChI is InChI=1S/C14H11N3S/c1-18-14-16-13(9-15-17-14)12-8-4-6-10-5-2-3-7-11(10)12/h2-9H,1H3. The van der Waals surface area contributed by atoms with Gasteiger partial charge in [0.15, 0.2) is 0 Å². The topological polar surface area (TPSA) is 38.7 Å². The van der Waals surface area contributed by atoms with E-state index in [9.17, 15) is 0 Å². The molecule has 0 N–H and O–H groups in total. The summed E-state index contributed by atoms with van der Waals surface area (Å²) in [7, 11) is 0. The van der Waals surface area contributed by atoms with Crippen molar-refractivity contribution in [1.82, 2.24) is 15.2 Å². The summed E-state index contributed by atoms with van der Waals surface area (Å²) in [6.45, 7) is 0. The molecule has 0 spiro atoms. The lowest BCUT2D eigenvalue weighted by Crippen LogP contribution is -1.93. The van der Waals surface area contributed by atoms with Crippen LogP contribution in [-0.2, 0) is 0 Å². The molecule has 3 aromatic rings. The lowest BCUT2D eigenvalue weighted by Gasteiger charge is -2.05. The van der Waals surface area contributed by atoms with Gasteiger partial charge in [-0.15, -0.1) is 5.10 Å². The van der Waals surface area contributed by atoms with E-state index in [2.05, 4.69) is 39.4 Å². The average molecular weight is 253 g/mol. The first-order chi connectivity index (χ1) is 8.88. The van der Waals surface area contributed by atoms with Crippen LogP contribution >= 0.6 is 11.8 Å². The smallest absolute Gasteiger partial charge is 0.209 e. The molecule has 3 rings (SSSR count). The van der Waals surface area contributed by atoms with Gasteiger partial charge in [0.1, 0.15) is 0 Å². The zero-order chi connectivity index (χ0) is 12.4. The monoisotopic (exact) mass is 253 g/mol. The van der Waals surface area contributed by atoms with Gasteiger partial charge in [-0.3, -0.25) is 0 Å². The number of fused-ring (bicyclic) bond motifs is 1. The molecule has 0 amide bonds. The quantitative estimate of drug-likeness (QED) is 0.656. The van der Waals surface area contributed by atoms with Gasteiger partial charge in [-0.25, -0.2) is 4.98 Å². The number of hydrogen-bond donors (Lipinski definition) is 0. The molecule has 4 heteroatoms. The van der Waals surface area contributed by atoms with Gasteiger partial charge in [-0.1, -0.05) is 54.2 Å². The molecule has 1 aromatic heterocycles. The molecule has 2 aromatic carbocycles. The number of aromatic nitrogens is 3. The third-order valence-corrected chi connectivity index (χ3v) is 3.33. The van der Waals surface area contributed by atoms with Gasteiger partial charge in [0.25, 0.3) is 0 Å². The number of rotatable bonds is 2. The Kier molecular flexibility index (Phi) is 2.94. The van der Waals surface area contributed by atoms with Crippen LogP contribution in [0.3, 0.4) is 0 Å². The third kappa shape index (κ3) is 1.95. The van der Waals surface area contributed by atoms with E-state index in [0.29, 0.717) is 5.16 Å². The second-order valence-electron chi connectivity index (χ2n) is 3.86. The Morgan fingerprint density at radius 1 is 1.00 bits per heavy atom. The fourth-order valence-corrected chi connectivity index (χ4v) is 2.27. The summed E-state index contributed by atoms with van der Waals surface area (Å²) >= 11 is 1.50. The highest BCUT2D eigenvalue weighted by molar-refractivity contribution is 7.98. The third-order valence-electron chi connectivity index (χ3n) is 2.79. The summed E-state index contributed by atoms with van der Waals surface area (Å²) in [4.78, 5) is 4.50. The van der Waals surface area contributed by atoms with E-state index in [4.69, 9.17) is 0 Å². The summed E-state index contributed by atoms with van der Waals surface area (Å²) in [5.41, 5.74) is 1.96. The molecule has 0 aliphatic carbocycles. The maximum Gasteiger partial charge on any atom is 0.209 e. The van der Waals surface area contributed by atoms with Crippen LogP contribution < -0.4 is 0 Å². The van der Waals surface area contributed by atoms with Gasteiger partial charge in [0.2, 0.25) is 5.16 Å². The predicted molar refractivity (Wildman–Crippen MR) is 74.6 cm³/mol. The average Bonchev–Trinajstić information content (AvgIpc) is 2.47. The number of benzene rings is 2. The summed E-state index contributed by atoms with van der Waals surface area (Å²) < 4.78 is 0. The van der Waals surface area contributed by atoms with Crippen molar-refractivity contribution >= 4 is 22.5 Å². The minimum absolute atomic E-state index is 0.695. The van der Waals surface area contributed by atoms with E-state index < -0.39 is 0 Å². The van der Waals surface area contributed by atoms with Crippen LogP contribution in [0.1, 0.15) is 0 Å². The Labute approximate surface area is 109 Å². The van der Waals surface area contributed by atoms with Crippen molar-refractivity contribution in [2.24, 2.45) is 0 Å². The number of hydrogen-bond acceptors (Lipinski definition) is 4.